The molecule has 1 aliphatic rings. The second-order valence-electron chi connectivity index (χ2n) is 7.65. The van der Waals surface area contributed by atoms with E-state index >= 15 is 0 Å². The second-order valence-corrected chi connectivity index (χ2v) is 8.66. The molecule has 2 amide bonds. The van der Waals surface area contributed by atoms with Crippen LogP contribution in [-0.4, -0.2) is 47.1 Å². The standard InChI is InChI=1S/C26H21N3O4S/c1-28(2)21-14-8-17(9-15-21)16-22-24(31)29(23(30)18-6-4-3-5-7-18)26(34-22)27-20-12-10-19(11-13-20)25(32)33/h3-16H,1-2H3,(H,32,33)/b22-16+,27-26?. The van der Waals surface area contributed by atoms with Gasteiger partial charge in [-0.3, -0.25) is 9.59 Å². The van der Waals surface area contributed by atoms with Crippen LogP contribution in [0, 0.1) is 0 Å². The predicted octanol–water partition coefficient (Wildman–Crippen LogP) is 4.90. The Kier molecular flexibility index (Phi) is 6.60. The molecule has 1 heterocycles. The number of thioether (sulfide) groups is 1. The number of amidine groups is 1. The van der Waals surface area contributed by atoms with E-state index in [0.29, 0.717) is 16.2 Å². The van der Waals surface area contributed by atoms with Crippen LogP contribution in [0.3, 0.4) is 0 Å². The first-order valence-corrected chi connectivity index (χ1v) is 11.2. The van der Waals surface area contributed by atoms with E-state index in [0.717, 1.165) is 27.9 Å². The van der Waals surface area contributed by atoms with Crippen LogP contribution in [-0.2, 0) is 4.79 Å². The zero-order valence-corrected chi connectivity index (χ0v) is 19.3. The van der Waals surface area contributed by atoms with Crippen molar-refractivity contribution < 1.29 is 19.5 Å². The van der Waals surface area contributed by atoms with Crippen LogP contribution in [0.15, 0.2) is 88.8 Å². The maximum absolute atomic E-state index is 13.3. The molecule has 0 saturated carbocycles. The third-order valence-electron chi connectivity index (χ3n) is 5.08. The highest BCUT2D eigenvalue weighted by Crippen LogP contribution is 2.35. The molecule has 0 radical (unpaired) electrons. The molecule has 7 nitrogen and oxygen atoms in total. The average Bonchev–Trinajstić information content (AvgIpc) is 3.14. The highest BCUT2D eigenvalue weighted by atomic mass is 32.2. The van der Waals surface area contributed by atoms with Crippen LogP contribution < -0.4 is 4.90 Å². The van der Waals surface area contributed by atoms with E-state index in [1.54, 1.807) is 36.4 Å². The lowest BCUT2D eigenvalue weighted by Crippen LogP contribution is -2.35. The molecule has 1 saturated heterocycles. The molecule has 0 unspecified atom stereocenters. The van der Waals surface area contributed by atoms with Crippen molar-refractivity contribution in [2.75, 3.05) is 19.0 Å². The molecule has 0 bridgehead atoms. The number of aliphatic imine (C=N–C) groups is 1. The monoisotopic (exact) mass is 471 g/mol. The van der Waals surface area contributed by atoms with Crippen molar-refractivity contribution in [1.29, 1.82) is 0 Å². The number of rotatable bonds is 5. The summed E-state index contributed by atoms with van der Waals surface area (Å²) in [5.41, 5.74) is 2.77. The summed E-state index contributed by atoms with van der Waals surface area (Å²) in [6, 6.07) is 22.1. The molecule has 3 aromatic rings. The lowest BCUT2D eigenvalue weighted by Gasteiger charge is -2.13. The fraction of sp³-hybridized carbons (Fsp3) is 0.0769. The van der Waals surface area contributed by atoms with Gasteiger partial charge in [-0.2, -0.15) is 0 Å². The molecule has 3 aromatic carbocycles. The van der Waals surface area contributed by atoms with Gasteiger partial charge in [-0.1, -0.05) is 30.3 Å². The third-order valence-corrected chi connectivity index (χ3v) is 6.05. The fourth-order valence-corrected chi connectivity index (χ4v) is 4.23. The maximum Gasteiger partial charge on any atom is 0.335 e. The molecule has 1 N–H and O–H groups in total. The number of hydrogen-bond donors (Lipinski definition) is 1. The van der Waals surface area contributed by atoms with E-state index in [1.165, 1.54) is 24.3 Å². The molecule has 4 rings (SSSR count). The minimum absolute atomic E-state index is 0.123. The average molecular weight is 472 g/mol. The normalized spacial score (nSPS) is 15.7. The van der Waals surface area contributed by atoms with Crippen molar-refractivity contribution in [1.82, 2.24) is 4.90 Å². The summed E-state index contributed by atoms with van der Waals surface area (Å²) in [7, 11) is 3.89. The van der Waals surface area contributed by atoms with Crippen LogP contribution in [0.4, 0.5) is 11.4 Å². The topological polar surface area (TPSA) is 90.3 Å². The van der Waals surface area contributed by atoms with Gasteiger partial charge in [0.2, 0.25) is 0 Å². The van der Waals surface area contributed by atoms with Crippen LogP contribution in [0.2, 0.25) is 0 Å². The van der Waals surface area contributed by atoms with Gasteiger partial charge in [0.15, 0.2) is 5.17 Å². The number of aromatic carboxylic acids is 1. The minimum atomic E-state index is -1.05. The van der Waals surface area contributed by atoms with E-state index in [4.69, 9.17) is 5.11 Å². The van der Waals surface area contributed by atoms with Crippen molar-refractivity contribution in [3.8, 4) is 0 Å². The highest BCUT2D eigenvalue weighted by molar-refractivity contribution is 8.18. The molecule has 8 heteroatoms. The molecular weight excluding hydrogens is 450 g/mol. The summed E-state index contributed by atoms with van der Waals surface area (Å²) >= 11 is 1.10. The lowest BCUT2D eigenvalue weighted by atomic mass is 10.1. The Hall–Kier alpha value is -4.17. The predicted molar refractivity (Wildman–Crippen MR) is 134 cm³/mol. The van der Waals surface area contributed by atoms with Crippen LogP contribution >= 0.6 is 11.8 Å². The summed E-state index contributed by atoms with van der Waals surface area (Å²) in [6.45, 7) is 0. The van der Waals surface area contributed by atoms with Gasteiger partial charge in [-0.15, -0.1) is 0 Å². The Morgan fingerprint density at radius 1 is 0.912 bits per heavy atom. The number of nitrogens with zero attached hydrogens (tertiary/aromatic N) is 3. The van der Waals surface area contributed by atoms with Gasteiger partial charge >= 0.3 is 5.97 Å². The van der Waals surface area contributed by atoms with Crippen molar-refractivity contribution in [3.05, 3.63) is 100 Å². The molecule has 0 aliphatic carbocycles. The van der Waals surface area contributed by atoms with Crippen molar-refractivity contribution >= 4 is 52.2 Å². The molecular formula is C26H21N3O4S. The highest BCUT2D eigenvalue weighted by Gasteiger charge is 2.38. The summed E-state index contributed by atoms with van der Waals surface area (Å²) in [6.07, 6.45) is 1.73. The van der Waals surface area contributed by atoms with Gasteiger partial charge in [0.05, 0.1) is 16.2 Å². The zero-order chi connectivity index (χ0) is 24.2. The van der Waals surface area contributed by atoms with E-state index < -0.39 is 17.8 Å². The Morgan fingerprint density at radius 2 is 1.56 bits per heavy atom. The smallest absolute Gasteiger partial charge is 0.335 e. The van der Waals surface area contributed by atoms with E-state index in [-0.39, 0.29) is 10.7 Å². The molecule has 0 spiro atoms. The number of carbonyl (C=O) groups is 3. The summed E-state index contributed by atoms with van der Waals surface area (Å²) in [5.74, 6) is -1.99. The van der Waals surface area contributed by atoms with Gasteiger partial charge in [0, 0.05) is 25.3 Å². The van der Waals surface area contributed by atoms with Gasteiger partial charge < -0.3 is 10.0 Å². The largest absolute Gasteiger partial charge is 0.478 e. The van der Waals surface area contributed by atoms with Gasteiger partial charge in [0.25, 0.3) is 11.8 Å². The van der Waals surface area contributed by atoms with Crippen LogP contribution in [0.25, 0.3) is 6.08 Å². The van der Waals surface area contributed by atoms with E-state index in [1.807, 2.05) is 43.3 Å². The Balaban J connectivity index is 1.72. The Labute approximate surface area is 201 Å². The number of amides is 2. The number of imide groups is 1. The first-order valence-electron chi connectivity index (χ1n) is 10.4. The van der Waals surface area contributed by atoms with Gasteiger partial charge in [-0.05, 0) is 71.9 Å². The maximum atomic E-state index is 13.3. The Morgan fingerprint density at radius 3 is 2.15 bits per heavy atom. The second kappa shape index (κ2) is 9.76. The minimum Gasteiger partial charge on any atom is -0.478 e. The van der Waals surface area contributed by atoms with Crippen molar-refractivity contribution in [2.45, 2.75) is 0 Å². The molecule has 0 atom stereocenters. The van der Waals surface area contributed by atoms with Crippen LogP contribution in [0.1, 0.15) is 26.3 Å². The summed E-state index contributed by atoms with van der Waals surface area (Å²) < 4.78 is 0. The molecule has 34 heavy (non-hydrogen) atoms. The first kappa shape index (κ1) is 23.0. The van der Waals surface area contributed by atoms with E-state index in [2.05, 4.69) is 4.99 Å². The molecule has 170 valence electrons. The fourth-order valence-electron chi connectivity index (χ4n) is 3.25. The van der Waals surface area contributed by atoms with Gasteiger partial charge in [0.1, 0.15) is 0 Å². The summed E-state index contributed by atoms with van der Waals surface area (Å²) in [4.78, 5) is 45.5. The number of anilines is 1. The molecule has 1 aliphatic heterocycles. The summed E-state index contributed by atoms with van der Waals surface area (Å²) in [5, 5.41) is 9.32. The number of carbonyl (C=O) groups excluding carboxylic acids is 2. The number of hydrogen-bond acceptors (Lipinski definition) is 6. The number of benzene rings is 3. The first-order chi connectivity index (χ1) is 16.3. The van der Waals surface area contributed by atoms with Crippen molar-refractivity contribution in [2.24, 2.45) is 4.99 Å². The Bertz CT molecular complexity index is 1300. The van der Waals surface area contributed by atoms with Crippen LogP contribution in [0.5, 0.6) is 0 Å². The third kappa shape index (κ3) is 4.92. The SMILES string of the molecule is CN(C)c1ccc(/C=C2/SC(=Nc3ccc(C(=O)O)cc3)N(C(=O)c3ccccc3)C2=O)cc1. The quantitative estimate of drug-likeness (QED) is 0.421. The molecule has 0 aromatic heterocycles. The van der Waals surface area contributed by atoms with Gasteiger partial charge in [-0.25, -0.2) is 14.7 Å². The number of carboxylic acid groups (broad SMARTS) is 1. The van der Waals surface area contributed by atoms with Crippen molar-refractivity contribution in [3.63, 3.8) is 0 Å². The zero-order valence-electron chi connectivity index (χ0n) is 18.5. The number of carboxylic acids is 1. The lowest BCUT2D eigenvalue weighted by molar-refractivity contribution is -0.120. The van der Waals surface area contributed by atoms with E-state index in [9.17, 15) is 14.4 Å². The molecule has 1 fully saturated rings.